The minimum Gasteiger partial charge on any atom is -0.494 e. The maximum absolute atomic E-state index is 13.8. The average molecular weight is 483 g/mol. The lowest BCUT2D eigenvalue weighted by atomic mass is 9.87. The predicted octanol–water partition coefficient (Wildman–Crippen LogP) is 7.17. The third-order valence-corrected chi connectivity index (χ3v) is 6.63. The highest BCUT2D eigenvalue weighted by Crippen LogP contribution is 2.45. The first-order valence-corrected chi connectivity index (χ1v) is 11.3. The van der Waals surface area contributed by atoms with E-state index in [1.54, 1.807) is 18.2 Å². The number of alkyl halides is 3. The van der Waals surface area contributed by atoms with Crippen LogP contribution in [-0.2, 0) is 11.0 Å². The van der Waals surface area contributed by atoms with Crippen molar-refractivity contribution >= 4 is 5.97 Å². The fraction of sp³-hybridized carbons (Fsp3) is 0.500. The van der Waals surface area contributed by atoms with Gasteiger partial charge in [0.25, 0.3) is 0 Å². The van der Waals surface area contributed by atoms with E-state index in [9.17, 15) is 27.5 Å². The van der Waals surface area contributed by atoms with E-state index in [-0.39, 0.29) is 17.6 Å². The van der Waals surface area contributed by atoms with Gasteiger partial charge in [-0.1, -0.05) is 19.1 Å². The molecule has 34 heavy (non-hydrogen) atoms. The van der Waals surface area contributed by atoms with E-state index in [1.807, 2.05) is 0 Å². The van der Waals surface area contributed by atoms with Gasteiger partial charge in [0.2, 0.25) is 0 Å². The maximum atomic E-state index is 13.8. The Labute approximate surface area is 196 Å². The van der Waals surface area contributed by atoms with Gasteiger partial charge >= 0.3 is 12.1 Å². The second-order valence-corrected chi connectivity index (χ2v) is 9.58. The highest BCUT2D eigenvalue weighted by atomic mass is 19.4. The fourth-order valence-corrected chi connectivity index (χ4v) is 4.64. The van der Waals surface area contributed by atoms with Crippen LogP contribution in [0.2, 0.25) is 0 Å². The van der Waals surface area contributed by atoms with Crippen molar-refractivity contribution in [2.75, 3.05) is 7.11 Å². The van der Waals surface area contributed by atoms with E-state index in [0.717, 1.165) is 37.3 Å². The van der Waals surface area contributed by atoms with Gasteiger partial charge in [-0.2, -0.15) is 13.2 Å². The molecule has 3 atom stereocenters. The van der Waals surface area contributed by atoms with Crippen LogP contribution in [0.5, 0.6) is 11.5 Å². The van der Waals surface area contributed by atoms with E-state index in [2.05, 4.69) is 6.92 Å². The van der Waals surface area contributed by atoms with Gasteiger partial charge in [-0.15, -0.1) is 0 Å². The Balaban J connectivity index is 1.74. The number of carboxylic acids is 1. The Hall–Kier alpha value is -2.77. The quantitative estimate of drug-likeness (QED) is 0.405. The number of ether oxygens (including phenoxy) is 2. The van der Waals surface area contributed by atoms with Gasteiger partial charge < -0.3 is 14.6 Å². The van der Waals surface area contributed by atoms with Gasteiger partial charge in [-0.25, -0.2) is 9.18 Å². The van der Waals surface area contributed by atoms with E-state index >= 15 is 0 Å². The van der Waals surface area contributed by atoms with Crippen molar-refractivity contribution in [3.63, 3.8) is 0 Å². The topological polar surface area (TPSA) is 55.8 Å². The Kier molecular flexibility index (Phi) is 7.48. The van der Waals surface area contributed by atoms with Crippen molar-refractivity contribution in [1.29, 1.82) is 0 Å². The van der Waals surface area contributed by atoms with E-state index in [1.165, 1.54) is 33.1 Å². The van der Waals surface area contributed by atoms with E-state index in [0.29, 0.717) is 11.5 Å². The summed E-state index contributed by atoms with van der Waals surface area (Å²) in [5.41, 5.74) is -1.22. The predicted molar refractivity (Wildman–Crippen MR) is 120 cm³/mol. The van der Waals surface area contributed by atoms with Crippen molar-refractivity contribution < 1.29 is 36.9 Å². The Morgan fingerprint density at radius 2 is 1.82 bits per heavy atom. The highest BCUT2D eigenvalue weighted by Gasteiger charge is 2.39. The van der Waals surface area contributed by atoms with Crippen molar-refractivity contribution in [3.05, 3.63) is 58.9 Å². The minimum atomic E-state index is -4.67. The van der Waals surface area contributed by atoms with Gasteiger partial charge in [-0.3, -0.25) is 0 Å². The summed E-state index contributed by atoms with van der Waals surface area (Å²) < 4.78 is 65.3. The summed E-state index contributed by atoms with van der Waals surface area (Å²) in [6, 6.07) is 8.74. The Morgan fingerprint density at radius 1 is 1.12 bits per heavy atom. The Bertz CT molecular complexity index is 1030. The molecule has 0 spiro atoms. The van der Waals surface area contributed by atoms with Crippen LogP contribution in [0.25, 0.3) is 0 Å². The number of aliphatic carboxylic acids is 1. The summed E-state index contributed by atoms with van der Waals surface area (Å²) in [6.07, 6.45) is -1.43. The fourth-order valence-electron chi connectivity index (χ4n) is 4.64. The molecule has 1 fully saturated rings. The summed E-state index contributed by atoms with van der Waals surface area (Å²) in [4.78, 5) is 11.3. The van der Waals surface area contributed by atoms with Crippen LogP contribution >= 0.6 is 0 Å². The van der Waals surface area contributed by atoms with Crippen LogP contribution in [0.15, 0.2) is 36.4 Å². The first-order chi connectivity index (χ1) is 15.8. The lowest BCUT2D eigenvalue weighted by molar-refractivity contribution is -0.155. The molecule has 1 aliphatic rings. The van der Waals surface area contributed by atoms with Crippen molar-refractivity contribution in [3.8, 4) is 11.5 Å². The third-order valence-electron chi connectivity index (χ3n) is 6.63. The number of benzene rings is 2. The third kappa shape index (κ3) is 5.83. The average Bonchev–Trinajstić information content (AvgIpc) is 3.21. The van der Waals surface area contributed by atoms with E-state index in [4.69, 9.17) is 9.47 Å². The molecule has 8 heteroatoms. The SMILES string of the molecule is COc1cc([C@@H](C)CC2CC[C@H](c3ccc(OC(C)(C)C(=O)O)c(C(F)(F)F)c3)C2)ccc1F. The molecule has 2 aromatic rings. The van der Waals surface area contributed by atoms with Crippen LogP contribution in [0.1, 0.15) is 75.0 Å². The molecule has 1 saturated carbocycles. The standard InChI is InChI=1S/C26H30F4O4/c1-15(17-7-9-21(27)23(14-17)33-4)11-16-5-6-18(12-16)19-8-10-22(20(13-19)26(28,29)30)34-25(2,3)24(31)32/h7-10,13-16,18H,5-6,11-12H2,1-4H3,(H,31,32)/t15-,16?,18-/m0/s1. The molecule has 1 N–H and O–H groups in total. The summed E-state index contributed by atoms with van der Waals surface area (Å²) in [6.45, 7) is 4.48. The molecule has 0 saturated heterocycles. The van der Waals surface area contributed by atoms with Crippen molar-refractivity contribution in [1.82, 2.24) is 0 Å². The maximum Gasteiger partial charge on any atom is 0.419 e. The number of carboxylic acid groups (broad SMARTS) is 1. The van der Waals surface area contributed by atoms with Crippen LogP contribution in [0, 0.1) is 11.7 Å². The number of carbonyl (C=O) groups is 1. The molecule has 2 aromatic carbocycles. The molecule has 0 aromatic heterocycles. The van der Waals surface area contributed by atoms with Crippen LogP contribution in [-0.4, -0.2) is 23.8 Å². The minimum absolute atomic E-state index is 0.0254. The summed E-state index contributed by atoms with van der Waals surface area (Å²) >= 11 is 0. The van der Waals surface area contributed by atoms with Gasteiger partial charge in [0.1, 0.15) is 5.75 Å². The van der Waals surface area contributed by atoms with Crippen molar-refractivity contribution in [2.24, 2.45) is 5.92 Å². The van der Waals surface area contributed by atoms with Crippen molar-refractivity contribution in [2.45, 2.75) is 70.1 Å². The lowest BCUT2D eigenvalue weighted by Gasteiger charge is -2.25. The number of halogens is 4. The number of rotatable bonds is 8. The molecule has 4 nitrogen and oxygen atoms in total. The monoisotopic (exact) mass is 482 g/mol. The number of methoxy groups -OCH3 is 1. The normalized spacial score (nSPS) is 19.6. The Morgan fingerprint density at radius 3 is 2.44 bits per heavy atom. The largest absolute Gasteiger partial charge is 0.494 e. The van der Waals surface area contributed by atoms with Gasteiger partial charge in [-0.05, 0) is 92.7 Å². The molecule has 186 valence electrons. The summed E-state index contributed by atoms with van der Waals surface area (Å²) in [7, 11) is 1.42. The molecule has 0 amide bonds. The zero-order valence-electron chi connectivity index (χ0n) is 19.7. The number of hydrogen-bond donors (Lipinski definition) is 1. The second-order valence-electron chi connectivity index (χ2n) is 9.58. The first-order valence-electron chi connectivity index (χ1n) is 11.3. The molecule has 3 rings (SSSR count). The van der Waals surface area contributed by atoms with Gasteiger partial charge in [0.15, 0.2) is 17.2 Å². The van der Waals surface area contributed by atoms with Gasteiger partial charge in [0, 0.05) is 0 Å². The molecule has 0 radical (unpaired) electrons. The molecule has 0 bridgehead atoms. The molecular formula is C26H30F4O4. The smallest absolute Gasteiger partial charge is 0.419 e. The molecular weight excluding hydrogens is 452 g/mol. The van der Waals surface area contributed by atoms with Gasteiger partial charge in [0.05, 0.1) is 12.7 Å². The summed E-state index contributed by atoms with van der Waals surface area (Å²) in [5, 5.41) is 9.22. The molecule has 0 aliphatic heterocycles. The molecule has 1 aliphatic carbocycles. The molecule has 1 unspecified atom stereocenters. The second kappa shape index (κ2) is 9.84. The van der Waals surface area contributed by atoms with Crippen LogP contribution in [0.3, 0.4) is 0 Å². The number of hydrogen-bond acceptors (Lipinski definition) is 3. The lowest BCUT2D eigenvalue weighted by Crippen LogP contribution is -2.38. The van der Waals surface area contributed by atoms with Crippen LogP contribution in [0.4, 0.5) is 17.6 Å². The zero-order chi connectivity index (χ0) is 25.3. The highest BCUT2D eigenvalue weighted by molar-refractivity contribution is 5.76. The molecule has 0 heterocycles. The van der Waals surface area contributed by atoms with Crippen LogP contribution < -0.4 is 9.47 Å². The zero-order valence-corrected chi connectivity index (χ0v) is 19.7. The summed E-state index contributed by atoms with van der Waals surface area (Å²) in [5.74, 6) is -1.61. The first kappa shape index (κ1) is 25.8. The van der Waals surface area contributed by atoms with E-state index < -0.39 is 34.9 Å².